The molecule has 5 heteroatoms. The molecule has 1 amide bonds. The number of nitrogens with one attached hydrogen (secondary N) is 2. The largest absolute Gasteiger partial charge is 0.481 e. The van der Waals surface area contributed by atoms with E-state index in [-0.39, 0.29) is 24.3 Å². The van der Waals surface area contributed by atoms with Gasteiger partial charge in [0.15, 0.2) is 0 Å². The van der Waals surface area contributed by atoms with Crippen LogP contribution in [0, 0.1) is 11.8 Å². The van der Waals surface area contributed by atoms with Crippen molar-refractivity contribution in [1.82, 2.24) is 10.6 Å². The van der Waals surface area contributed by atoms with Crippen molar-refractivity contribution in [3.05, 3.63) is 0 Å². The van der Waals surface area contributed by atoms with E-state index in [0.717, 1.165) is 19.5 Å². The Morgan fingerprint density at radius 3 is 2.68 bits per heavy atom. The molecule has 0 aromatic rings. The van der Waals surface area contributed by atoms with E-state index < -0.39 is 5.97 Å². The summed E-state index contributed by atoms with van der Waals surface area (Å²) in [5, 5.41) is 15.0. The summed E-state index contributed by atoms with van der Waals surface area (Å²) in [5.41, 5.74) is 0. The first-order valence-electron chi connectivity index (χ1n) is 7.21. The summed E-state index contributed by atoms with van der Waals surface area (Å²) in [6.07, 6.45) is 3.74. The van der Waals surface area contributed by atoms with Crippen LogP contribution in [0.1, 0.15) is 46.0 Å². The summed E-state index contributed by atoms with van der Waals surface area (Å²) >= 11 is 0. The van der Waals surface area contributed by atoms with Gasteiger partial charge in [-0.15, -0.1) is 0 Å². The Morgan fingerprint density at radius 1 is 1.42 bits per heavy atom. The highest BCUT2D eigenvalue weighted by Gasteiger charge is 2.20. The van der Waals surface area contributed by atoms with Crippen molar-refractivity contribution in [2.75, 3.05) is 13.1 Å². The van der Waals surface area contributed by atoms with Crippen LogP contribution in [0.2, 0.25) is 0 Å². The zero-order valence-corrected chi connectivity index (χ0v) is 11.9. The van der Waals surface area contributed by atoms with Crippen LogP contribution in [0.3, 0.4) is 0 Å². The monoisotopic (exact) mass is 270 g/mol. The van der Waals surface area contributed by atoms with Gasteiger partial charge in [-0.25, -0.2) is 0 Å². The lowest BCUT2D eigenvalue weighted by molar-refractivity contribution is -0.138. The van der Waals surface area contributed by atoms with Crippen molar-refractivity contribution in [3.63, 3.8) is 0 Å². The molecule has 1 fully saturated rings. The Balaban J connectivity index is 2.29. The highest BCUT2D eigenvalue weighted by atomic mass is 16.4. The fourth-order valence-corrected chi connectivity index (χ4v) is 2.43. The number of hydrogen-bond donors (Lipinski definition) is 3. The van der Waals surface area contributed by atoms with Crippen LogP contribution in [0.4, 0.5) is 0 Å². The average Bonchev–Trinajstić information content (AvgIpc) is 2.36. The van der Waals surface area contributed by atoms with Crippen LogP contribution in [0.5, 0.6) is 0 Å². The third kappa shape index (κ3) is 6.57. The predicted molar refractivity (Wildman–Crippen MR) is 73.8 cm³/mol. The standard InChI is InChI=1S/C14H26N2O3/c1-10(2)12(8-14(18)19)16-13(17)6-5-11-4-3-7-15-9-11/h10-12,15H,3-9H2,1-2H3,(H,16,17)(H,18,19). The lowest BCUT2D eigenvalue weighted by Gasteiger charge is -2.24. The summed E-state index contributed by atoms with van der Waals surface area (Å²) in [7, 11) is 0. The van der Waals surface area contributed by atoms with Crippen LogP contribution in [0.15, 0.2) is 0 Å². The zero-order valence-electron chi connectivity index (χ0n) is 11.9. The molecule has 0 spiro atoms. The third-order valence-corrected chi connectivity index (χ3v) is 3.72. The fraction of sp³-hybridized carbons (Fsp3) is 0.857. The van der Waals surface area contributed by atoms with Gasteiger partial charge < -0.3 is 15.7 Å². The van der Waals surface area contributed by atoms with Gasteiger partial charge in [0.1, 0.15) is 0 Å². The van der Waals surface area contributed by atoms with Crippen molar-refractivity contribution in [3.8, 4) is 0 Å². The van der Waals surface area contributed by atoms with Gasteiger partial charge in [0.25, 0.3) is 0 Å². The second-order valence-corrected chi connectivity index (χ2v) is 5.77. The van der Waals surface area contributed by atoms with E-state index >= 15 is 0 Å². The van der Waals surface area contributed by atoms with Gasteiger partial charge in [-0.2, -0.15) is 0 Å². The molecule has 19 heavy (non-hydrogen) atoms. The molecule has 5 nitrogen and oxygen atoms in total. The van der Waals surface area contributed by atoms with Gasteiger partial charge in [0.2, 0.25) is 5.91 Å². The molecule has 2 atom stereocenters. The Hall–Kier alpha value is -1.10. The maximum Gasteiger partial charge on any atom is 0.305 e. The van der Waals surface area contributed by atoms with Crippen LogP contribution >= 0.6 is 0 Å². The second kappa shape index (κ2) is 8.15. The van der Waals surface area contributed by atoms with Crippen LogP contribution in [-0.2, 0) is 9.59 Å². The predicted octanol–water partition coefficient (Wildman–Crippen LogP) is 1.38. The van der Waals surface area contributed by atoms with Crippen molar-refractivity contribution in [2.24, 2.45) is 11.8 Å². The first-order chi connectivity index (χ1) is 8.99. The molecule has 0 bridgehead atoms. The minimum Gasteiger partial charge on any atom is -0.481 e. The highest BCUT2D eigenvalue weighted by molar-refractivity contribution is 5.77. The molecule has 0 aromatic carbocycles. The number of carboxylic acid groups (broad SMARTS) is 1. The lowest BCUT2D eigenvalue weighted by atomic mass is 9.94. The second-order valence-electron chi connectivity index (χ2n) is 5.77. The number of rotatable bonds is 7. The SMILES string of the molecule is CC(C)C(CC(=O)O)NC(=O)CCC1CCCNC1. The third-order valence-electron chi connectivity index (χ3n) is 3.72. The number of amides is 1. The molecule has 110 valence electrons. The molecule has 0 saturated carbocycles. The Bertz CT molecular complexity index is 299. The molecule has 1 rings (SSSR count). The quantitative estimate of drug-likeness (QED) is 0.653. The topological polar surface area (TPSA) is 78.4 Å². The number of piperidine rings is 1. The molecule has 0 radical (unpaired) electrons. The summed E-state index contributed by atoms with van der Waals surface area (Å²) in [6, 6.07) is -0.269. The average molecular weight is 270 g/mol. The van der Waals surface area contributed by atoms with E-state index in [2.05, 4.69) is 10.6 Å². The molecule has 2 unspecified atom stereocenters. The Morgan fingerprint density at radius 2 is 2.16 bits per heavy atom. The number of carbonyl (C=O) groups excluding carboxylic acids is 1. The maximum absolute atomic E-state index is 11.9. The van der Waals surface area contributed by atoms with Crippen molar-refractivity contribution >= 4 is 11.9 Å². The molecular weight excluding hydrogens is 244 g/mol. The van der Waals surface area contributed by atoms with Gasteiger partial charge in [-0.3, -0.25) is 9.59 Å². The first-order valence-corrected chi connectivity index (χ1v) is 7.21. The molecule has 1 aliphatic heterocycles. The summed E-state index contributed by atoms with van der Waals surface area (Å²) in [5.74, 6) is -0.172. The van der Waals surface area contributed by atoms with E-state index in [9.17, 15) is 9.59 Å². The lowest BCUT2D eigenvalue weighted by Crippen LogP contribution is -2.40. The smallest absolute Gasteiger partial charge is 0.305 e. The van der Waals surface area contributed by atoms with Crippen molar-refractivity contribution in [1.29, 1.82) is 0 Å². The molecule has 0 aliphatic carbocycles. The van der Waals surface area contributed by atoms with E-state index in [1.54, 1.807) is 0 Å². The molecule has 0 aromatic heterocycles. The minimum atomic E-state index is -0.865. The van der Waals surface area contributed by atoms with E-state index in [1.807, 2.05) is 13.8 Å². The minimum absolute atomic E-state index is 0.00556. The van der Waals surface area contributed by atoms with Crippen LogP contribution in [0.25, 0.3) is 0 Å². The highest BCUT2D eigenvalue weighted by Crippen LogP contribution is 2.16. The van der Waals surface area contributed by atoms with Crippen LogP contribution in [-0.4, -0.2) is 36.1 Å². The molecular formula is C14H26N2O3. The van der Waals surface area contributed by atoms with Gasteiger partial charge in [0, 0.05) is 12.5 Å². The summed E-state index contributed by atoms with van der Waals surface area (Å²) in [4.78, 5) is 22.6. The van der Waals surface area contributed by atoms with Gasteiger partial charge in [0.05, 0.1) is 6.42 Å². The van der Waals surface area contributed by atoms with E-state index in [1.165, 1.54) is 12.8 Å². The summed E-state index contributed by atoms with van der Waals surface area (Å²) < 4.78 is 0. The number of carbonyl (C=O) groups is 2. The van der Waals surface area contributed by atoms with Crippen molar-refractivity contribution < 1.29 is 14.7 Å². The van der Waals surface area contributed by atoms with Crippen LogP contribution < -0.4 is 10.6 Å². The van der Waals surface area contributed by atoms with Gasteiger partial charge in [-0.05, 0) is 44.2 Å². The molecule has 1 heterocycles. The fourth-order valence-electron chi connectivity index (χ4n) is 2.43. The Kier molecular flexibility index (Phi) is 6.84. The molecule has 1 aliphatic rings. The molecule has 1 saturated heterocycles. The maximum atomic E-state index is 11.9. The first kappa shape index (κ1) is 16.0. The number of aliphatic carboxylic acids is 1. The van der Waals surface area contributed by atoms with Crippen molar-refractivity contribution in [2.45, 2.75) is 52.0 Å². The van der Waals surface area contributed by atoms with E-state index in [4.69, 9.17) is 5.11 Å². The normalized spacial score (nSPS) is 21.1. The number of hydrogen-bond acceptors (Lipinski definition) is 3. The van der Waals surface area contributed by atoms with E-state index in [0.29, 0.717) is 12.3 Å². The molecule has 3 N–H and O–H groups in total. The van der Waals surface area contributed by atoms with Gasteiger partial charge >= 0.3 is 5.97 Å². The Labute approximate surface area is 115 Å². The number of carboxylic acids is 1. The zero-order chi connectivity index (χ0) is 14.3. The summed E-state index contributed by atoms with van der Waals surface area (Å²) in [6.45, 7) is 5.94. The van der Waals surface area contributed by atoms with Gasteiger partial charge in [-0.1, -0.05) is 13.8 Å².